The number of hydrazine groups is 1. The Hall–Kier alpha value is -1.55. The van der Waals surface area contributed by atoms with Crippen molar-refractivity contribution in [1.82, 2.24) is 10.4 Å². The van der Waals surface area contributed by atoms with Gasteiger partial charge in [-0.1, -0.05) is 0 Å². The van der Waals surface area contributed by atoms with Crippen molar-refractivity contribution in [1.29, 1.82) is 0 Å². The molecule has 1 heterocycles. The number of rotatable bonds is 2. The van der Waals surface area contributed by atoms with Gasteiger partial charge in [0.15, 0.2) is 0 Å². The number of nitrogens with two attached hydrogens (primary N) is 2. The van der Waals surface area contributed by atoms with Crippen LogP contribution in [0, 0.1) is 0 Å². The minimum atomic E-state index is 0.570. The van der Waals surface area contributed by atoms with E-state index < -0.39 is 0 Å². The average molecular weight is 150 g/mol. The van der Waals surface area contributed by atoms with Crippen molar-refractivity contribution in [3.8, 4) is 0 Å². The molecule has 0 aliphatic carbocycles. The molecule has 1 aromatic rings. The molecule has 1 aromatic heterocycles. The van der Waals surface area contributed by atoms with Gasteiger partial charge in [0, 0.05) is 24.2 Å². The van der Waals surface area contributed by atoms with Crippen LogP contribution in [-0.4, -0.2) is 4.98 Å². The average Bonchev–Trinajstić information content (AvgIpc) is 2.07. The topological polar surface area (TPSA) is 77.0 Å². The van der Waals surface area contributed by atoms with Gasteiger partial charge in [0.1, 0.15) is 0 Å². The first kappa shape index (κ1) is 7.56. The number of nitrogens with one attached hydrogen (secondary N) is 1. The maximum absolute atomic E-state index is 5.58. The molecule has 4 nitrogen and oxygen atoms in total. The highest BCUT2D eigenvalue weighted by atomic mass is 15.2. The minimum absolute atomic E-state index is 0.570. The molecular formula is C7H10N4. The van der Waals surface area contributed by atoms with Gasteiger partial charge in [-0.2, -0.15) is 0 Å². The fourth-order valence-corrected chi connectivity index (χ4v) is 0.707. The van der Waals surface area contributed by atoms with Crippen LogP contribution in [0.15, 0.2) is 30.7 Å². The summed E-state index contributed by atoms with van der Waals surface area (Å²) in [7, 11) is 0. The zero-order chi connectivity index (χ0) is 8.10. The van der Waals surface area contributed by atoms with Crippen LogP contribution in [0.25, 0.3) is 5.70 Å². The molecule has 0 radical (unpaired) electrons. The molecule has 0 saturated carbocycles. The summed E-state index contributed by atoms with van der Waals surface area (Å²) >= 11 is 0. The molecule has 0 aliphatic heterocycles. The van der Waals surface area contributed by atoms with E-state index in [1.54, 1.807) is 12.4 Å². The van der Waals surface area contributed by atoms with E-state index in [0.29, 0.717) is 5.70 Å². The Balaban J connectivity index is 2.85. The molecule has 0 bridgehead atoms. The molecular weight excluding hydrogens is 140 g/mol. The number of nitrogens with zero attached hydrogens (tertiary/aromatic N) is 1. The maximum atomic E-state index is 5.58. The molecule has 5 N–H and O–H groups in total. The van der Waals surface area contributed by atoms with Gasteiger partial charge in [-0.15, -0.1) is 0 Å². The zero-order valence-electron chi connectivity index (χ0n) is 5.99. The van der Waals surface area contributed by atoms with Gasteiger partial charge in [0.2, 0.25) is 0 Å². The third-order valence-corrected chi connectivity index (χ3v) is 1.23. The minimum Gasteiger partial charge on any atom is -0.397 e. The molecule has 0 atom stereocenters. The molecule has 0 spiro atoms. The van der Waals surface area contributed by atoms with Gasteiger partial charge in [-0.05, 0) is 12.1 Å². The largest absolute Gasteiger partial charge is 0.397 e. The van der Waals surface area contributed by atoms with E-state index in [1.807, 2.05) is 12.1 Å². The predicted octanol–water partition coefficient (Wildman–Crippen LogP) is -0.198. The summed E-state index contributed by atoms with van der Waals surface area (Å²) in [5, 5.41) is 0. The highest BCUT2D eigenvalue weighted by Crippen LogP contribution is 2.03. The van der Waals surface area contributed by atoms with Crippen LogP contribution in [0.1, 0.15) is 5.56 Å². The fraction of sp³-hybridized carbons (Fsp3) is 0. The molecule has 1 rings (SSSR count). The zero-order valence-corrected chi connectivity index (χ0v) is 5.99. The summed E-state index contributed by atoms with van der Waals surface area (Å²) in [5.74, 6) is 5.04. The smallest absolute Gasteiger partial charge is 0.0577 e. The molecule has 0 fully saturated rings. The molecule has 58 valence electrons. The van der Waals surface area contributed by atoms with E-state index in [2.05, 4.69) is 10.4 Å². The van der Waals surface area contributed by atoms with Crippen molar-refractivity contribution < 1.29 is 0 Å². The molecule has 0 unspecified atom stereocenters. The second kappa shape index (κ2) is 3.58. The summed E-state index contributed by atoms with van der Waals surface area (Å²) in [4.78, 5) is 3.90. The van der Waals surface area contributed by atoms with Crippen LogP contribution in [0.4, 0.5) is 0 Å². The number of pyridine rings is 1. The second-order valence-electron chi connectivity index (χ2n) is 2.01. The molecule has 11 heavy (non-hydrogen) atoms. The standard InChI is InChI=1S/C7H10N4/c8-7(5-11-9)6-2-1-3-10-4-6/h1-5,11H,8-9H2/b7-5-. The Labute approximate surface area is 64.9 Å². The lowest BCUT2D eigenvalue weighted by atomic mass is 10.2. The Kier molecular flexibility index (Phi) is 2.46. The first-order valence-corrected chi connectivity index (χ1v) is 3.17. The summed E-state index contributed by atoms with van der Waals surface area (Å²) in [6, 6.07) is 3.67. The van der Waals surface area contributed by atoms with Crippen molar-refractivity contribution in [2.45, 2.75) is 0 Å². The highest BCUT2D eigenvalue weighted by Gasteiger charge is 1.92. The van der Waals surface area contributed by atoms with Crippen molar-refractivity contribution in [3.63, 3.8) is 0 Å². The normalized spacial score (nSPS) is 11.2. The van der Waals surface area contributed by atoms with Gasteiger partial charge in [0.05, 0.1) is 5.70 Å². The molecule has 0 saturated heterocycles. The number of hydrogen-bond donors (Lipinski definition) is 3. The Morgan fingerprint density at radius 1 is 1.64 bits per heavy atom. The lowest BCUT2D eigenvalue weighted by Gasteiger charge is -1.98. The van der Waals surface area contributed by atoms with Crippen LogP contribution in [0.2, 0.25) is 0 Å². The summed E-state index contributed by atoms with van der Waals surface area (Å²) in [6.45, 7) is 0. The molecule has 0 aromatic carbocycles. The quantitative estimate of drug-likeness (QED) is 0.403. The maximum Gasteiger partial charge on any atom is 0.0577 e. The lowest BCUT2D eigenvalue weighted by Crippen LogP contribution is -2.16. The van der Waals surface area contributed by atoms with Crippen molar-refractivity contribution in [3.05, 3.63) is 36.3 Å². The van der Waals surface area contributed by atoms with E-state index >= 15 is 0 Å². The second-order valence-corrected chi connectivity index (χ2v) is 2.01. The summed E-state index contributed by atoms with van der Waals surface area (Å²) in [5.41, 5.74) is 9.36. The van der Waals surface area contributed by atoms with E-state index in [9.17, 15) is 0 Å². The van der Waals surface area contributed by atoms with Gasteiger partial charge in [-0.25, -0.2) is 0 Å². The third-order valence-electron chi connectivity index (χ3n) is 1.23. The SMILES string of the molecule is NN/C=C(\N)c1cccnc1. The first-order chi connectivity index (χ1) is 5.34. The van der Waals surface area contributed by atoms with Crippen LogP contribution in [-0.2, 0) is 0 Å². The lowest BCUT2D eigenvalue weighted by molar-refractivity contribution is 0.967. The number of hydrogen-bond acceptors (Lipinski definition) is 4. The Morgan fingerprint density at radius 3 is 3.00 bits per heavy atom. The Morgan fingerprint density at radius 2 is 2.45 bits per heavy atom. The van der Waals surface area contributed by atoms with E-state index in [0.717, 1.165) is 5.56 Å². The number of aromatic nitrogens is 1. The highest BCUT2D eigenvalue weighted by molar-refractivity contribution is 5.60. The van der Waals surface area contributed by atoms with Crippen molar-refractivity contribution >= 4 is 5.70 Å². The van der Waals surface area contributed by atoms with E-state index in [4.69, 9.17) is 11.6 Å². The molecule has 4 heteroatoms. The molecule has 0 aliphatic rings. The van der Waals surface area contributed by atoms with Gasteiger partial charge >= 0.3 is 0 Å². The van der Waals surface area contributed by atoms with Gasteiger partial charge in [0.25, 0.3) is 0 Å². The Bertz CT molecular complexity index is 242. The summed E-state index contributed by atoms with van der Waals surface area (Å²) < 4.78 is 0. The summed E-state index contributed by atoms with van der Waals surface area (Å²) in [6.07, 6.45) is 4.87. The van der Waals surface area contributed by atoms with E-state index in [-0.39, 0.29) is 0 Å². The van der Waals surface area contributed by atoms with E-state index in [1.165, 1.54) is 6.20 Å². The predicted molar refractivity (Wildman–Crippen MR) is 43.7 cm³/mol. The van der Waals surface area contributed by atoms with Crippen LogP contribution in [0.3, 0.4) is 0 Å². The van der Waals surface area contributed by atoms with Gasteiger partial charge < -0.3 is 11.2 Å². The van der Waals surface area contributed by atoms with Crippen LogP contribution in [0.5, 0.6) is 0 Å². The molecule has 0 amide bonds. The van der Waals surface area contributed by atoms with Crippen LogP contribution >= 0.6 is 0 Å². The van der Waals surface area contributed by atoms with Crippen molar-refractivity contribution in [2.75, 3.05) is 0 Å². The fourth-order valence-electron chi connectivity index (χ4n) is 0.707. The van der Waals surface area contributed by atoms with Crippen LogP contribution < -0.4 is 17.0 Å². The van der Waals surface area contributed by atoms with Gasteiger partial charge in [-0.3, -0.25) is 10.8 Å². The first-order valence-electron chi connectivity index (χ1n) is 3.17. The monoisotopic (exact) mass is 150 g/mol. The van der Waals surface area contributed by atoms with Crippen molar-refractivity contribution in [2.24, 2.45) is 11.6 Å². The third kappa shape index (κ3) is 1.94.